The van der Waals surface area contributed by atoms with Crippen LogP contribution in [0, 0.1) is 0 Å². The molecular weight excluding hydrogens is 787 g/mol. The molecule has 0 aliphatic heterocycles. The summed E-state index contributed by atoms with van der Waals surface area (Å²) in [4.78, 5) is 15.0. The second-order valence-electron chi connectivity index (χ2n) is 19.3. The van der Waals surface area contributed by atoms with Gasteiger partial charge in [-0.1, -0.05) is 211 Å². The number of benzene rings is 10. The molecule has 0 atom stereocenters. The van der Waals surface area contributed by atoms with Crippen LogP contribution in [0.1, 0.15) is 51.3 Å². The summed E-state index contributed by atoms with van der Waals surface area (Å²) >= 11 is 0. The fraction of sp³-hybridized carbons (Fsp3) is 0.113. The molecule has 310 valence electrons. The van der Waals surface area contributed by atoms with E-state index < -0.39 is 0 Å². The van der Waals surface area contributed by atoms with E-state index in [1.807, 2.05) is 36.4 Å². The molecule has 0 saturated carbocycles. The van der Waals surface area contributed by atoms with Gasteiger partial charge in [0.15, 0.2) is 17.5 Å². The molecule has 3 nitrogen and oxygen atoms in total. The minimum atomic E-state index is -0.191. The van der Waals surface area contributed by atoms with Gasteiger partial charge in [0.2, 0.25) is 0 Å². The van der Waals surface area contributed by atoms with Crippen molar-refractivity contribution in [2.45, 2.75) is 45.4 Å². The SMILES string of the molecule is CC(C)(C)c1cc2ccc3cccc4c(-c5ccc6c(c5)C(C)(C)c5cc(-c7ccc(-c8nc(-c9ccccc9)nc(-c9ccc(-c%10ccccc%10)cc9)n8)cc7)ccc5-6)cc(c1)c2c34. The van der Waals surface area contributed by atoms with Gasteiger partial charge in [0.1, 0.15) is 0 Å². The highest BCUT2D eigenvalue weighted by Gasteiger charge is 2.36. The maximum Gasteiger partial charge on any atom is 0.164 e. The van der Waals surface area contributed by atoms with E-state index in [0.717, 1.165) is 27.8 Å². The fourth-order valence-electron chi connectivity index (χ4n) is 10.2. The lowest BCUT2D eigenvalue weighted by Crippen LogP contribution is -2.15. The fourth-order valence-corrected chi connectivity index (χ4v) is 10.2. The molecule has 0 saturated heterocycles. The van der Waals surface area contributed by atoms with Crippen molar-refractivity contribution in [3.8, 4) is 78.7 Å². The molecule has 0 N–H and O–H groups in total. The van der Waals surface area contributed by atoms with E-state index in [4.69, 9.17) is 15.0 Å². The minimum Gasteiger partial charge on any atom is -0.208 e. The molecule has 0 spiro atoms. The van der Waals surface area contributed by atoms with Crippen LogP contribution in [0.2, 0.25) is 0 Å². The molecule has 1 aromatic heterocycles. The lowest BCUT2D eigenvalue weighted by Gasteiger charge is -2.24. The smallest absolute Gasteiger partial charge is 0.164 e. The molecule has 0 amide bonds. The molecule has 11 aromatic rings. The Morgan fingerprint density at radius 1 is 0.338 bits per heavy atom. The number of hydrogen-bond donors (Lipinski definition) is 0. The van der Waals surface area contributed by atoms with Gasteiger partial charge >= 0.3 is 0 Å². The number of rotatable bonds is 6. The third-order valence-electron chi connectivity index (χ3n) is 13.8. The van der Waals surface area contributed by atoms with Gasteiger partial charge in [-0.25, -0.2) is 15.0 Å². The van der Waals surface area contributed by atoms with Gasteiger partial charge in [-0.2, -0.15) is 0 Å². The summed E-state index contributed by atoms with van der Waals surface area (Å²) in [6.07, 6.45) is 0. The highest BCUT2D eigenvalue weighted by Crippen LogP contribution is 2.52. The molecule has 3 heteroatoms. The number of hydrogen-bond acceptors (Lipinski definition) is 3. The number of aromatic nitrogens is 3. The molecule has 0 bridgehead atoms. The molecule has 12 rings (SSSR count). The monoisotopic (exact) mass is 833 g/mol. The summed E-state index contributed by atoms with van der Waals surface area (Å²) in [6, 6.07) is 70.6. The van der Waals surface area contributed by atoms with Crippen molar-refractivity contribution in [3.05, 3.63) is 211 Å². The summed E-state index contributed by atoms with van der Waals surface area (Å²) in [6.45, 7) is 11.7. The van der Waals surface area contributed by atoms with Gasteiger partial charge in [0, 0.05) is 22.1 Å². The van der Waals surface area contributed by atoms with Gasteiger partial charge < -0.3 is 0 Å². The lowest BCUT2D eigenvalue weighted by atomic mass is 9.80. The van der Waals surface area contributed by atoms with Crippen LogP contribution < -0.4 is 0 Å². The third kappa shape index (κ3) is 6.53. The van der Waals surface area contributed by atoms with Gasteiger partial charge in [0.05, 0.1) is 0 Å². The topological polar surface area (TPSA) is 38.7 Å². The van der Waals surface area contributed by atoms with E-state index in [1.54, 1.807) is 0 Å². The molecule has 0 unspecified atom stereocenters. The zero-order valence-electron chi connectivity index (χ0n) is 37.3. The Morgan fingerprint density at radius 2 is 0.800 bits per heavy atom. The maximum absolute atomic E-state index is 5.05. The Hall–Kier alpha value is -7.75. The predicted octanol–water partition coefficient (Wildman–Crippen LogP) is 16.4. The van der Waals surface area contributed by atoms with Crippen molar-refractivity contribution in [1.29, 1.82) is 0 Å². The molecule has 65 heavy (non-hydrogen) atoms. The molecule has 0 fully saturated rings. The first-order valence-electron chi connectivity index (χ1n) is 22.7. The van der Waals surface area contributed by atoms with E-state index in [1.165, 1.54) is 82.4 Å². The molecule has 0 radical (unpaired) electrons. The minimum absolute atomic E-state index is 0.0523. The Morgan fingerprint density at radius 3 is 1.40 bits per heavy atom. The van der Waals surface area contributed by atoms with E-state index in [0.29, 0.717) is 17.5 Å². The molecule has 1 aliphatic rings. The summed E-state index contributed by atoms with van der Waals surface area (Å²) in [5.74, 6) is 1.95. The van der Waals surface area contributed by atoms with Crippen molar-refractivity contribution in [2.24, 2.45) is 0 Å². The van der Waals surface area contributed by atoms with E-state index in [2.05, 4.69) is 192 Å². The van der Waals surface area contributed by atoms with Crippen LogP contribution in [0.5, 0.6) is 0 Å². The Balaban J connectivity index is 0.886. The normalized spacial score (nSPS) is 13.1. The Kier molecular flexibility index (Phi) is 8.77. The average molecular weight is 834 g/mol. The zero-order valence-corrected chi connectivity index (χ0v) is 37.3. The predicted molar refractivity (Wildman–Crippen MR) is 272 cm³/mol. The quantitative estimate of drug-likeness (QED) is 0.157. The average Bonchev–Trinajstić information content (AvgIpc) is 3.57. The van der Waals surface area contributed by atoms with Crippen LogP contribution in [0.4, 0.5) is 0 Å². The number of fused-ring (bicyclic) bond motifs is 3. The van der Waals surface area contributed by atoms with Gasteiger partial charge in [-0.3, -0.25) is 0 Å². The Labute approximate surface area is 380 Å². The number of nitrogens with zero attached hydrogens (tertiary/aromatic N) is 3. The molecule has 10 aromatic carbocycles. The summed E-state index contributed by atoms with van der Waals surface area (Å²) < 4.78 is 0. The van der Waals surface area contributed by atoms with Crippen LogP contribution in [-0.2, 0) is 10.8 Å². The van der Waals surface area contributed by atoms with Crippen LogP contribution in [0.3, 0.4) is 0 Å². The zero-order chi connectivity index (χ0) is 44.0. The first-order valence-corrected chi connectivity index (χ1v) is 22.7. The lowest BCUT2D eigenvalue weighted by molar-refractivity contribution is 0.591. The summed E-state index contributed by atoms with van der Waals surface area (Å²) in [5.41, 5.74) is 16.6. The van der Waals surface area contributed by atoms with Crippen molar-refractivity contribution < 1.29 is 0 Å². The van der Waals surface area contributed by atoms with Gasteiger partial charge in [-0.15, -0.1) is 0 Å². The van der Waals surface area contributed by atoms with Crippen molar-refractivity contribution in [3.63, 3.8) is 0 Å². The third-order valence-corrected chi connectivity index (χ3v) is 13.8. The highest BCUT2D eigenvalue weighted by molar-refractivity contribution is 6.26. The largest absolute Gasteiger partial charge is 0.208 e. The molecular formula is C62H47N3. The van der Waals surface area contributed by atoms with Crippen LogP contribution >= 0.6 is 0 Å². The Bertz CT molecular complexity index is 3620. The molecule has 1 aliphatic carbocycles. The van der Waals surface area contributed by atoms with Crippen molar-refractivity contribution >= 4 is 32.3 Å². The first kappa shape index (κ1) is 38.9. The van der Waals surface area contributed by atoms with Crippen molar-refractivity contribution in [1.82, 2.24) is 15.0 Å². The van der Waals surface area contributed by atoms with E-state index in [9.17, 15) is 0 Å². The second-order valence-corrected chi connectivity index (χ2v) is 19.3. The van der Waals surface area contributed by atoms with Crippen LogP contribution in [-0.4, -0.2) is 15.0 Å². The van der Waals surface area contributed by atoms with Gasteiger partial charge in [0.25, 0.3) is 0 Å². The van der Waals surface area contributed by atoms with Crippen molar-refractivity contribution in [2.75, 3.05) is 0 Å². The molecule has 1 heterocycles. The van der Waals surface area contributed by atoms with E-state index in [-0.39, 0.29) is 10.8 Å². The summed E-state index contributed by atoms with van der Waals surface area (Å²) in [7, 11) is 0. The van der Waals surface area contributed by atoms with Crippen LogP contribution in [0.25, 0.3) is 111 Å². The van der Waals surface area contributed by atoms with Gasteiger partial charge in [-0.05, 0) is 117 Å². The maximum atomic E-state index is 5.05. The second kappa shape index (κ2) is 14.7. The summed E-state index contributed by atoms with van der Waals surface area (Å²) in [5, 5.41) is 7.95. The van der Waals surface area contributed by atoms with Crippen LogP contribution in [0.15, 0.2) is 194 Å². The standard InChI is InChI=1S/C62H47N3/c1-61(2,3)49-33-47-28-23-41-17-12-18-52-53(35-48(34-49)56(47)57(41)52)46-30-32-51-50-31-29-45(36-54(50)62(4,5)55(51)37-46)40-21-26-44(27-22-40)60-64-58(42-15-10-7-11-16-42)63-59(65-60)43-24-19-39(20-25-43)38-13-8-6-9-14-38/h6-37H,1-5H3. The highest BCUT2D eigenvalue weighted by atomic mass is 15.0. The van der Waals surface area contributed by atoms with E-state index >= 15 is 0 Å². The first-order chi connectivity index (χ1) is 31.6.